The number of hydrogen-bond donors (Lipinski definition) is 1. The molecule has 1 N–H and O–H groups in total. The maximum atomic E-state index is 12.1. The van der Waals surface area contributed by atoms with E-state index in [1.807, 2.05) is 36.4 Å². The molecule has 1 saturated heterocycles. The van der Waals surface area contributed by atoms with Crippen molar-refractivity contribution in [1.29, 1.82) is 0 Å². The van der Waals surface area contributed by atoms with E-state index in [4.69, 9.17) is 16.0 Å². The Morgan fingerprint density at radius 1 is 1.35 bits per heavy atom. The van der Waals surface area contributed by atoms with Gasteiger partial charge in [-0.1, -0.05) is 23.7 Å². The van der Waals surface area contributed by atoms with Crippen LogP contribution in [0.2, 0.25) is 5.02 Å². The first-order chi connectivity index (χ1) is 11.2. The van der Waals surface area contributed by atoms with E-state index < -0.39 is 0 Å². The molecule has 0 saturated carbocycles. The molecule has 0 spiro atoms. The molecule has 122 valence electrons. The standard InChI is InChI=1S/C18H21ClN2O2/c19-15-5-1-4-14(12-15)13-20-18(22)8-10-21-9-2-6-16(21)17-7-3-11-23-17/h1,3-5,7,11-12,16H,2,6,8-10,13H2,(H,20,22)/t16-/m0/s1. The summed E-state index contributed by atoms with van der Waals surface area (Å²) in [5.74, 6) is 1.07. The molecule has 0 aliphatic carbocycles. The third kappa shape index (κ3) is 4.36. The van der Waals surface area contributed by atoms with Crippen molar-refractivity contribution in [2.24, 2.45) is 0 Å². The van der Waals surface area contributed by atoms with E-state index in [9.17, 15) is 4.79 Å². The lowest BCUT2D eigenvalue weighted by molar-refractivity contribution is -0.121. The number of carbonyl (C=O) groups excluding carboxylic acids is 1. The number of hydrogen-bond acceptors (Lipinski definition) is 3. The van der Waals surface area contributed by atoms with Crippen LogP contribution in [0, 0.1) is 0 Å². The van der Waals surface area contributed by atoms with Gasteiger partial charge in [0.05, 0.1) is 12.3 Å². The van der Waals surface area contributed by atoms with Crippen molar-refractivity contribution in [1.82, 2.24) is 10.2 Å². The molecule has 1 fully saturated rings. The van der Waals surface area contributed by atoms with E-state index in [1.54, 1.807) is 6.26 Å². The second-order valence-electron chi connectivity index (χ2n) is 5.87. The van der Waals surface area contributed by atoms with Crippen LogP contribution < -0.4 is 5.32 Å². The van der Waals surface area contributed by atoms with Crippen molar-refractivity contribution in [3.63, 3.8) is 0 Å². The minimum atomic E-state index is 0.0649. The Morgan fingerprint density at radius 2 is 2.26 bits per heavy atom. The SMILES string of the molecule is O=C(CCN1CCC[C@H]1c1ccco1)NCc1cccc(Cl)c1. The maximum absolute atomic E-state index is 12.1. The Kier molecular flexibility index (Phi) is 5.36. The van der Waals surface area contributed by atoms with Crippen molar-refractivity contribution < 1.29 is 9.21 Å². The van der Waals surface area contributed by atoms with Crippen LogP contribution in [-0.2, 0) is 11.3 Å². The van der Waals surface area contributed by atoms with Gasteiger partial charge in [-0.2, -0.15) is 0 Å². The van der Waals surface area contributed by atoms with Gasteiger partial charge in [0.1, 0.15) is 5.76 Å². The summed E-state index contributed by atoms with van der Waals surface area (Å²) < 4.78 is 5.52. The summed E-state index contributed by atoms with van der Waals surface area (Å²) in [5, 5.41) is 3.64. The maximum Gasteiger partial charge on any atom is 0.221 e. The van der Waals surface area contributed by atoms with Crippen LogP contribution in [0.5, 0.6) is 0 Å². The summed E-state index contributed by atoms with van der Waals surface area (Å²) in [6, 6.07) is 11.8. The molecule has 0 unspecified atom stereocenters. The molecule has 1 aromatic heterocycles. The number of furan rings is 1. The molecule has 23 heavy (non-hydrogen) atoms. The van der Waals surface area contributed by atoms with Crippen LogP contribution >= 0.6 is 11.6 Å². The predicted molar refractivity (Wildman–Crippen MR) is 90.2 cm³/mol. The van der Waals surface area contributed by atoms with E-state index in [0.717, 1.165) is 37.3 Å². The second-order valence-corrected chi connectivity index (χ2v) is 6.30. The van der Waals surface area contributed by atoms with Crippen molar-refractivity contribution in [3.05, 3.63) is 59.0 Å². The first kappa shape index (κ1) is 16.1. The highest BCUT2D eigenvalue weighted by molar-refractivity contribution is 6.30. The molecular weight excluding hydrogens is 312 g/mol. The average molecular weight is 333 g/mol. The van der Waals surface area contributed by atoms with Gasteiger partial charge in [-0.3, -0.25) is 9.69 Å². The third-order valence-electron chi connectivity index (χ3n) is 4.24. The van der Waals surface area contributed by atoms with Crippen LogP contribution in [0.1, 0.15) is 36.6 Å². The Labute approximate surface area is 141 Å². The van der Waals surface area contributed by atoms with E-state index in [-0.39, 0.29) is 5.91 Å². The summed E-state index contributed by atoms with van der Waals surface area (Å²) >= 11 is 5.94. The highest BCUT2D eigenvalue weighted by atomic mass is 35.5. The van der Waals surface area contributed by atoms with Gasteiger partial charge >= 0.3 is 0 Å². The number of amides is 1. The number of nitrogens with one attached hydrogen (secondary N) is 1. The molecule has 1 amide bonds. The molecule has 3 rings (SSSR count). The smallest absolute Gasteiger partial charge is 0.221 e. The van der Waals surface area contributed by atoms with Crippen molar-refractivity contribution in [3.8, 4) is 0 Å². The Morgan fingerprint density at radius 3 is 3.04 bits per heavy atom. The summed E-state index contributed by atoms with van der Waals surface area (Å²) in [6.07, 6.45) is 4.45. The van der Waals surface area contributed by atoms with Gasteiger partial charge < -0.3 is 9.73 Å². The third-order valence-corrected chi connectivity index (χ3v) is 4.48. The lowest BCUT2D eigenvalue weighted by atomic mass is 10.1. The first-order valence-corrected chi connectivity index (χ1v) is 8.39. The van der Waals surface area contributed by atoms with Crippen LogP contribution in [0.15, 0.2) is 47.1 Å². The fourth-order valence-corrected chi connectivity index (χ4v) is 3.29. The lowest BCUT2D eigenvalue weighted by Gasteiger charge is -2.22. The average Bonchev–Trinajstić information content (AvgIpc) is 3.21. The predicted octanol–water partition coefficient (Wildman–Crippen LogP) is 3.78. The quantitative estimate of drug-likeness (QED) is 0.875. The molecule has 0 bridgehead atoms. The van der Waals surface area contributed by atoms with E-state index >= 15 is 0 Å². The van der Waals surface area contributed by atoms with Crippen molar-refractivity contribution in [2.45, 2.75) is 31.8 Å². The number of rotatable bonds is 6. The minimum Gasteiger partial charge on any atom is -0.468 e. The largest absolute Gasteiger partial charge is 0.468 e. The molecule has 1 aliphatic rings. The highest BCUT2D eigenvalue weighted by Gasteiger charge is 2.27. The van der Waals surface area contributed by atoms with Gasteiger partial charge in [0.25, 0.3) is 0 Å². The van der Waals surface area contributed by atoms with Gasteiger partial charge in [0.15, 0.2) is 0 Å². The Hall–Kier alpha value is -1.78. The van der Waals surface area contributed by atoms with E-state index in [1.165, 1.54) is 0 Å². The number of benzene rings is 1. The van der Waals surface area contributed by atoms with Gasteiger partial charge in [0.2, 0.25) is 5.91 Å². The number of halogens is 1. The van der Waals surface area contributed by atoms with Crippen LogP contribution in [0.25, 0.3) is 0 Å². The van der Waals surface area contributed by atoms with Gasteiger partial charge in [-0.15, -0.1) is 0 Å². The molecule has 4 nitrogen and oxygen atoms in total. The molecule has 5 heteroatoms. The zero-order chi connectivity index (χ0) is 16.1. The van der Waals surface area contributed by atoms with Crippen molar-refractivity contribution in [2.75, 3.05) is 13.1 Å². The van der Waals surface area contributed by atoms with Crippen LogP contribution in [-0.4, -0.2) is 23.9 Å². The summed E-state index contributed by atoms with van der Waals surface area (Å²) in [6.45, 7) is 2.29. The molecule has 1 aliphatic heterocycles. The molecule has 2 aromatic rings. The summed E-state index contributed by atoms with van der Waals surface area (Å²) in [5.41, 5.74) is 1.01. The zero-order valence-corrected chi connectivity index (χ0v) is 13.8. The molecule has 0 radical (unpaired) electrons. The second kappa shape index (κ2) is 7.66. The Bertz CT molecular complexity index is 642. The fourth-order valence-electron chi connectivity index (χ4n) is 3.08. The molecule has 2 heterocycles. The van der Waals surface area contributed by atoms with Crippen LogP contribution in [0.3, 0.4) is 0 Å². The molecular formula is C18H21ClN2O2. The van der Waals surface area contributed by atoms with Gasteiger partial charge in [-0.05, 0) is 49.2 Å². The first-order valence-electron chi connectivity index (χ1n) is 8.01. The topological polar surface area (TPSA) is 45.5 Å². The van der Waals surface area contributed by atoms with Gasteiger partial charge in [0, 0.05) is 24.5 Å². The molecule has 1 aromatic carbocycles. The number of carbonyl (C=O) groups is 1. The fraction of sp³-hybridized carbons (Fsp3) is 0.389. The highest BCUT2D eigenvalue weighted by Crippen LogP contribution is 2.31. The summed E-state index contributed by atoms with van der Waals surface area (Å²) in [7, 11) is 0. The monoisotopic (exact) mass is 332 g/mol. The molecule has 1 atom stereocenters. The lowest BCUT2D eigenvalue weighted by Crippen LogP contribution is -2.30. The normalized spacial score (nSPS) is 18.2. The number of likely N-dealkylation sites (tertiary alicyclic amines) is 1. The number of nitrogens with zero attached hydrogens (tertiary/aromatic N) is 1. The van der Waals surface area contributed by atoms with Gasteiger partial charge in [-0.25, -0.2) is 0 Å². The minimum absolute atomic E-state index is 0.0649. The van der Waals surface area contributed by atoms with Crippen LogP contribution in [0.4, 0.5) is 0 Å². The van der Waals surface area contributed by atoms with E-state index in [0.29, 0.717) is 24.0 Å². The van der Waals surface area contributed by atoms with E-state index in [2.05, 4.69) is 10.2 Å². The Balaban J connectivity index is 1.45. The van der Waals surface area contributed by atoms with Crippen molar-refractivity contribution >= 4 is 17.5 Å². The zero-order valence-electron chi connectivity index (χ0n) is 13.0. The summed E-state index contributed by atoms with van der Waals surface area (Å²) in [4.78, 5) is 14.4.